The van der Waals surface area contributed by atoms with Crippen molar-refractivity contribution in [1.82, 2.24) is 20.4 Å². The maximum absolute atomic E-state index is 12.4. The molecule has 8 heteroatoms. The number of carbonyl (C=O) groups excluding carboxylic acids is 2. The van der Waals surface area contributed by atoms with Gasteiger partial charge < -0.3 is 15.1 Å². The van der Waals surface area contributed by atoms with Crippen molar-refractivity contribution in [3.63, 3.8) is 0 Å². The van der Waals surface area contributed by atoms with E-state index in [0.29, 0.717) is 11.6 Å². The minimum absolute atomic E-state index is 0.150. The van der Waals surface area contributed by atoms with Crippen molar-refractivity contribution in [2.24, 2.45) is 0 Å². The summed E-state index contributed by atoms with van der Waals surface area (Å²) in [5.74, 6) is 0.929. The number of nitrogens with one attached hydrogen (secondary N) is 3. The molecular formula is C20H31N5O3. The number of anilines is 1. The molecular weight excluding hydrogens is 358 g/mol. The number of amides is 3. The second kappa shape index (κ2) is 8.08. The molecule has 0 aliphatic carbocycles. The third-order valence-electron chi connectivity index (χ3n) is 4.11. The first-order valence-electron chi connectivity index (χ1n) is 9.36. The summed E-state index contributed by atoms with van der Waals surface area (Å²) in [6.07, 6.45) is 1.54. The standard InChI is InChI=1S/C20H31N5O3/c1-13(17(26)21-12-14-9-8-10-28-14)22-18(27)23-16-11-15(19(2,3)4)24-25(16)20(5,6)7/h8-11,13H,12H2,1-7H3,(H,21,26)(H2,22,23,27). The van der Waals surface area contributed by atoms with Crippen LogP contribution in [0.5, 0.6) is 0 Å². The molecule has 0 bridgehead atoms. The SMILES string of the molecule is CC(NC(=O)Nc1cc(C(C)(C)C)nn1C(C)(C)C)C(=O)NCc1ccco1. The topological polar surface area (TPSA) is 101 Å². The molecule has 1 unspecified atom stereocenters. The van der Waals surface area contributed by atoms with Crippen LogP contribution in [0.15, 0.2) is 28.9 Å². The number of aromatic nitrogens is 2. The van der Waals surface area contributed by atoms with Gasteiger partial charge in [0.15, 0.2) is 0 Å². The Morgan fingerprint density at radius 2 is 1.89 bits per heavy atom. The third kappa shape index (κ3) is 5.61. The molecule has 0 saturated heterocycles. The number of rotatable bonds is 5. The Kier molecular flexibility index (Phi) is 6.21. The lowest BCUT2D eigenvalue weighted by molar-refractivity contribution is -0.122. The van der Waals surface area contributed by atoms with Gasteiger partial charge in [0.1, 0.15) is 17.6 Å². The minimum atomic E-state index is -0.706. The maximum atomic E-state index is 12.4. The average molecular weight is 390 g/mol. The van der Waals surface area contributed by atoms with E-state index in [1.807, 2.05) is 26.8 Å². The fourth-order valence-corrected chi connectivity index (χ4v) is 2.50. The number of furan rings is 1. The van der Waals surface area contributed by atoms with Gasteiger partial charge in [-0.05, 0) is 39.8 Å². The molecule has 1 atom stereocenters. The molecule has 0 aliphatic heterocycles. The largest absolute Gasteiger partial charge is 0.467 e. The fourth-order valence-electron chi connectivity index (χ4n) is 2.50. The molecule has 2 heterocycles. The lowest BCUT2D eigenvalue weighted by Gasteiger charge is -2.23. The summed E-state index contributed by atoms with van der Waals surface area (Å²) in [5, 5.41) is 12.9. The summed E-state index contributed by atoms with van der Waals surface area (Å²) >= 11 is 0. The molecule has 0 aliphatic rings. The van der Waals surface area contributed by atoms with Crippen molar-refractivity contribution in [2.75, 3.05) is 5.32 Å². The summed E-state index contributed by atoms with van der Waals surface area (Å²) in [6.45, 7) is 14.1. The zero-order valence-corrected chi connectivity index (χ0v) is 17.7. The Balaban J connectivity index is 2.01. The van der Waals surface area contributed by atoms with Crippen molar-refractivity contribution in [1.29, 1.82) is 0 Å². The molecule has 2 rings (SSSR count). The first-order valence-corrected chi connectivity index (χ1v) is 9.36. The van der Waals surface area contributed by atoms with Gasteiger partial charge >= 0.3 is 6.03 Å². The first kappa shape index (κ1) is 21.5. The minimum Gasteiger partial charge on any atom is -0.467 e. The van der Waals surface area contributed by atoms with Crippen LogP contribution in [-0.4, -0.2) is 27.8 Å². The van der Waals surface area contributed by atoms with Crippen LogP contribution in [0.3, 0.4) is 0 Å². The molecule has 154 valence electrons. The van der Waals surface area contributed by atoms with Crippen LogP contribution < -0.4 is 16.0 Å². The summed E-state index contributed by atoms with van der Waals surface area (Å²) in [5.41, 5.74) is 0.419. The van der Waals surface area contributed by atoms with E-state index in [-0.39, 0.29) is 23.4 Å². The van der Waals surface area contributed by atoms with Crippen LogP contribution in [0, 0.1) is 0 Å². The van der Waals surface area contributed by atoms with Gasteiger partial charge in [-0.3, -0.25) is 10.1 Å². The number of carbonyl (C=O) groups is 2. The first-order chi connectivity index (χ1) is 12.9. The van der Waals surface area contributed by atoms with Gasteiger partial charge in [0.25, 0.3) is 0 Å². The Morgan fingerprint density at radius 1 is 1.21 bits per heavy atom. The van der Waals surface area contributed by atoms with Gasteiger partial charge in [0, 0.05) is 11.5 Å². The Morgan fingerprint density at radius 3 is 2.43 bits per heavy atom. The summed E-state index contributed by atoms with van der Waals surface area (Å²) in [6, 6.07) is 4.22. The monoisotopic (exact) mass is 389 g/mol. The lowest BCUT2D eigenvalue weighted by Crippen LogP contribution is -2.46. The normalized spacial score (nSPS) is 13.1. The van der Waals surface area contributed by atoms with Crippen molar-refractivity contribution >= 4 is 17.8 Å². The van der Waals surface area contributed by atoms with Crippen LogP contribution in [-0.2, 0) is 22.3 Å². The number of hydrogen-bond acceptors (Lipinski definition) is 4. The van der Waals surface area contributed by atoms with Crippen LogP contribution in [0.25, 0.3) is 0 Å². The quantitative estimate of drug-likeness (QED) is 0.730. The maximum Gasteiger partial charge on any atom is 0.321 e. The molecule has 2 aromatic heterocycles. The molecule has 28 heavy (non-hydrogen) atoms. The van der Waals surface area contributed by atoms with E-state index < -0.39 is 12.1 Å². The van der Waals surface area contributed by atoms with Gasteiger partial charge in [-0.2, -0.15) is 5.10 Å². The zero-order chi connectivity index (χ0) is 21.1. The average Bonchev–Trinajstić information content (AvgIpc) is 3.20. The number of hydrogen-bond donors (Lipinski definition) is 3. The summed E-state index contributed by atoms with van der Waals surface area (Å²) in [7, 11) is 0. The molecule has 0 spiro atoms. The smallest absolute Gasteiger partial charge is 0.321 e. The second-order valence-corrected chi connectivity index (χ2v) is 8.86. The molecule has 2 aromatic rings. The molecule has 0 fully saturated rings. The Labute approximate surface area is 166 Å². The second-order valence-electron chi connectivity index (χ2n) is 8.86. The van der Waals surface area contributed by atoms with E-state index >= 15 is 0 Å². The van der Waals surface area contributed by atoms with E-state index in [1.165, 1.54) is 0 Å². The van der Waals surface area contributed by atoms with Crippen molar-refractivity contribution in [3.05, 3.63) is 35.9 Å². The predicted octanol–water partition coefficient (Wildman–Crippen LogP) is 3.36. The van der Waals surface area contributed by atoms with Gasteiger partial charge in [-0.1, -0.05) is 20.8 Å². The van der Waals surface area contributed by atoms with Crippen LogP contribution in [0.4, 0.5) is 10.6 Å². The van der Waals surface area contributed by atoms with E-state index in [0.717, 1.165) is 5.69 Å². The van der Waals surface area contributed by atoms with E-state index in [1.54, 1.807) is 30.0 Å². The molecule has 0 aromatic carbocycles. The molecule has 0 radical (unpaired) electrons. The molecule has 3 N–H and O–H groups in total. The van der Waals surface area contributed by atoms with Crippen LogP contribution in [0.1, 0.15) is 59.9 Å². The van der Waals surface area contributed by atoms with Gasteiger partial charge in [0.2, 0.25) is 5.91 Å². The van der Waals surface area contributed by atoms with Crippen LogP contribution in [0.2, 0.25) is 0 Å². The van der Waals surface area contributed by atoms with Gasteiger partial charge in [0.05, 0.1) is 24.0 Å². The summed E-state index contributed by atoms with van der Waals surface area (Å²) in [4.78, 5) is 24.6. The van der Waals surface area contributed by atoms with Gasteiger partial charge in [-0.15, -0.1) is 0 Å². The van der Waals surface area contributed by atoms with Crippen molar-refractivity contribution < 1.29 is 14.0 Å². The van der Waals surface area contributed by atoms with E-state index in [9.17, 15) is 9.59 Å². The van der Waals surface area contributed by atoms with Gasteiger partial charge in [-0.25, -0.2) is 9.48 Å². The Hall–Kier alpha value is -2.77. The highest BCUT2D eigenvalue weighted by molar-refractivity contribution is 5.93. The van der Waals surface area contributed by atoms with E-state index in [4.69, 9.17) is 4.42 Å². The zero-order valence-electron chi connectivity index (χ0n) is 17.7. The van der Waals surface area contributed by atoms with Crippen molar-refractivity contribution in [2.45, 2.75) is 72.0 Å². The molecule has 0 saturated carbocycles. The fraction of sp³-hybridized carbons (Fsp3) is 0.550. The molecule has 3 amide bonds. The highest BCUT2D eigenvalue weighted by atomic mass is 16.3. The highest BCUT2D eigenvalue weighted by Gasteiger charge is 2.26. The van der Waals surface area contributed by atoms with Crippen LogP contribution >= 0.6 is 0 Å². The number of urea groups is 1. The highest BCUT2D eigenvalue weighted by Crippen LogP contribution is 2.28. The van der Waals surface area contributed by atoms with E-state index in [2.05, 4.69) is 41.8 Å². The lowest BCUT2D eigenvalue weighted by atomic mass is 9.92. The number of nitrogens with zero attached hydrogens (tertiary/aromatic N) is 2. The Bertz CT molecular complexity index is 810. The molecule has 8 nitrogen and oxygen atoms in total. The summed E-state index contributed by atoms with van der Waals surface area (Å²) < 4.78 is 6.96. The van der Waals surface area contributed by atoms with Crippen molar-refractivity contribution in [3.8, 4) is 0 Å². The third-order valence-corrected chi connectivity index (χ3v) is 4.11. The predicted molar refractivity (Wildman–Crippen MR) is 108 cm³/mol.